The number of amides is 2. The second kappa shape index (κ2) is 7.46. The largest absolute Gasteiger partial charge is 0.395 e. The fourth-order valence-electron chi connectivity index (χ4n) is 2.07. The van der Waals surface area contributed by atoms with Gasteiger partial charge in [0.05, 0.1) is 13.2 Å². The van der Waals surface area contributed by atoms with Gasteiger partial charge in [-0.25, -0.2) is 4.79 Å². The van der Waals surface area contributed by atoms with Gasteiger partial charge in [-0.1, -0.05) is 19.3 Å². The minimum absolute atomic E-state index is 0.0713. The lowest BCUT2D eigenvalue weighted by Crippen LogP contribution is -2.47. The van der Waals surface area contributed by atoms with E-state index in [2.05, 4.69) is 5.32 Å². The summed E-state index contributed by atoms with van der Waals surface area (Å²) in [6, 6.07) is 0.0936. The maximum absolute atomic E-state index is 11.8. The van der Waals surface area contributed by atoms with Crippen LogP contribution in [0.4, 0.5) is 4.79 Å². The average Bonchev–Trinajstić information content (AvgIpc) is 2.30. The molecule has 0 radical (unpaired) electrons. The van der Waals surface area contributed by atoms with E-state index >= 15 is 0 Å². The minimum Gasteiger partial charge on any atom is -0.395 e. The maximum Gasteiger partial charge on any atom is 0.317 e. The van der Waals surface area contributed by atoms with Crippen molar-refractivity contribution in [2.45, 2.75) is 38.1 Å². The molecule has 0 unspecified atom stereocenters. The van der Waals surface area contributed by atoms with Gasteiger partial charge in [0.1, 0.15) is 0 Å². The molecule has 0 heterocycles. The molecular weight excluding hydrogens is 208 g/mol. The van der Waals surface area contributed by atoms with Gasteiger partial charge in [0.2, 0.25) is 0 Å². The third-order valence-corrected chi connectivity index (χ3v) is 2.96. The lowest BCUT2D eigenvalue weighted by Gasteiger charge is -2.27. The van der Waals surface area contributed by atoms with Gasteiger partial charge >= 0.3 is 6.03 Å². The Balaban J connectivity index is 2.34. The first-order valence-electron chi connectivity index (χ1n) is 6.05. The number of hydrogen-bond acceptors (Lipinski definition) is 3. The van der Waals surface area contributed by atoms with Gasteiger partial charge < -0.3 is 20.4 Å². The van der Waals surface area contributed by atoms with Gasteiger partial charge in [0.15, 0.2) is 0 Å². The van der Waals surface area contributed by atoms with Crippen molar-refractivity contribution in [2.75, 3.05) is 26.3 Å². The molecule has 0 bridgehead atoms. The van der Waals surface area contributed by atoms with Gasteiger partial charge in [0, 0.05) is 19.1 Å². The van der Waals surface area contributed by atoms with E-state index in [1.807, 2.05) is 0 Å². The number of aliphatic hydroxyl groups excluding tert-OH is 2. The summed E-state index contributed by atoms with van der Waals surface area (Å²) in [5, 5.41) is 20.6. The zero-order valence-corrected chi connectivity index (χ0v) is 9.69. The first kappa shape index (κ1) is 13.3. The number of hydrogen-bond donors (Lipinski definition) is 3. The quantitative estimate of drug-likeness (QED) is 0.636. The van der Waals surface area contributed by atoms with Crippen molar-refractivity contribution in [1.29, 1.82) is 0 Å². The van der Waals surface area contributed by atoms with Crippen LogP contribution in [0.2, 0.25) is 0 Å². The lowest BCUT2D eigenvalue weighted by molar-refractivity contribution is 0.153. The zero-order valence-electron chi connectivity index (χ0n) is 9.69. The number of nitrogens with zero attached hydrogens (tertiary/aromatic N) is 1. The molecule has 0 atom stereocenters. The molecule has 0 saturated heterocycles. The summed E-state index contributed by atoms with van der Waals surface area (Å²) in [7, 11) is 0. The zero-order chi connectivity index (χ0) is 11.8. The summed E-state index contributed by atoms with van der Waals surface area (Å²) in [5.74, 6) is 0. The van der Waals surface area contributed by atoms with Crippen LogP contribution >= 0.6 is 0 Å². The summed E-state index contributed by atoms with van der Waals surface area (Å²) in [5.41, 5.74) is 0. The SMILES string of the molecule is O=C(NC1CCCCC1)N(CCO)CCO. The molecule has 1 fully saturated rings. The molecule has 1 aliphatic rings. The summed E-state index contributed by atoms with van der Waals surface area (Å²) in [6.45, 7) is 0.411. The Hall–Kier alpha value is -0.810. The van der Waals surface area contributed by atoms with Crippen molar-refractivity contribution >= 4 is 6.03 Å². The smallest absolute Gasteiger partial charge is 0.317 e. The predicted molar refractivity (Wildman–Crippen MR) is 61.1 cm³/mol. The molecule has 1 rings (SSSR count). The Morgan fingerprint density at radius 2 is 1.69 bits per heavy atom. The first-order valence-corrected chi connectivity index (χ1v) is 6.05. The van der Waals surface area contributed by atoms with Crippen molar-refractivity contribution < 1.29 is 15.0 Å². The Kier molecular flexibility index (Phi) is 6.18. The molecule has 5 nitrogen and oxygen atoms in total. The molecule has 16 heavy (non-hydrogen) atoms. The Morgan fingerprint density at radius 1 is 1.12 bits per heavy atom. The van der Waals surface area contributed by atoms with Gasteiger partial charge in [-0.3, -0.25) is 0 Å². The normalized spacial score (nSPS) is 17.1. The number of rotatable bonds is 5. The van der Waals surface area contributed by atoms with E-state index in [0.29, 0.717) is 0 Å². The molecule has 1 aliphatic carbocycles. The van der Waals surface area contributed by atoms with Gasteiger partial charge in [-0.15, -0.1) is 0 Å². The van der Waals surface area contributed by atoms with Crippen LogP contribution < -0.4 is 5.32 Å². The van der Waals surface area contributed by atoms with E-state index < -0.39 is 0 Å². The Morgan fingerprint density at radius 3 is 2.19 bits per heavy atom. The molecule has 1 saturated carbocycles. The van der Waals surface area contributed by atoms with E-state index in [9.17, 15) is 4.79 Å². The average molecular weight is 230 g/mol. The highest BCUT2D eigenvalue weighted by Gasteiger charge is 2.19. The lowest BCUT2D eigenvalue weighted by atomic mass is 9.96. The van der Waals surface area contributed by atoms with Crippen LogP contribution in [0, 0.1) is 0 Å². The highest BCUT2D eigenvalue weighted by Crippen LogP contribution is 2.17. The van der Waals surface area contributed by atoms with E-state index in [1.165, 1.54) is 24.2 Å². The predicted octanol–water partition coefficient (Wildman–Crippen LogP) is 0.315. The number of urea groups is 1. The van der Waals surface area contributed by atoms with E-state index in [1.54, 1.807) is 0 Å². The van der Waals surface area contributed by atoms with Gasteiger partial charge in [-0.05, 0) is 12.8 Å². The number of aliphatic hydroxyl groups is 2. The van der Waals surface area contributed by atoms with Crippen LogP contribution in [0.3, 0.4) is 0 Å². The van der Waals surface area contributed by atoms with Gasteiger partial charge in [0.25, 0.3) is 0 Å². The molecule has 0 aromatic rings. The van der Waals surface area contributed by atoms with Crippen molar-refractivity contribution in [3.05, 3.63) is 0 Å². The topological polar surface area (TPSA) is 72.8 Å². The van der Waals surface area contributed by atoms with Crippen LogP contribution in [-0.2, 0) is 0 Å². The monoisotopic (exact) mass is 230 g/mol. The van der Waals surface area contributed by atoms with Crippen molar-refractivity contribution in [2.24, 2.45) is 0 Å². The van der Waals surface area contributed by atoms with E-state index in [-0.39, 0.29) is 38.4 Å². The summed E-state index contributed by atoms with van der Waals surface area (Å²) < 4.78 is 0. The van der Waals surface area contributed by atoms with Crippen LogP contribution in [0.1, 0.15) is 32.1 Å². The fraction of sp³-hybridized carbons (Fsp3) is 0.909. The van der Waals surface area contributed by atoms with Gasteiger partial charge in [-0.2, -0.15) is 0 Å². The summed E-state index contributed by atoms with van der Waals surface area (Å²) in [6.07, 6.45) is 5.68. The number of carbonyl (C=O) groups is 1. The van der Waals surface area contributed by atoms with E-state index in [0.717, 1.165) is 12.8 Å². The molecule has 0 aromatic carbocycles. The highest BCUT2D eigenvalue weighted by molar-refractivity contribution is 5.74. The number of nitrogens with one attached hydrogen (secondary N) is 1. The van der Waals surface area contributed by atoms with Crippen LogP contribution in [0.25, 0.3) is 0 Å². The van der Waals surface area contributed by atoms with E-state index in [4.69, 9.17) is 10.2 Å². The first-order chi connectivity index (χ1) is 7.77. The second-order valence-electron chi connectivity index (χ2n) is 4.22. The number of carbonyl (C=O) groups excluding carboxylic acids is 1. The molecule has 2 amide bonds. The summed E-state index contributed by atoms with van der Waals surface area (Å²) in [4.78, 5) is 13.2. The second-order valence-corrected chi connectivity index (χ2v) is 4.22. The molecule has 5 heteroatoms. The van der Waals surface area contributed by atoms with Crippen molar-refractivity contribution in [1.82, 2.24) is 10.2 Å². The fourth-order valence-corrected chi connectivity index (χ4v) is 2.07. The summed E-state index contributed by atoms with van der Waals surface area (Å²) >= 11 is 0. The van der Waals surface area contributed by atoms with Crippen LogP contribution in [-0.4, -0.2) is 53.5 Å². The Bertz CT molecular complexity index is 199. The van der Waals surface area contributed by atoms with Crippen LogP contribution in [0.15, 0.2) is 0 Å². The molecule has 3 N–H and O–H groups in total. The molecule has 0 aromatic heterocycles. The molecular formula is C11H22N2O3. The Labute approximate surface area is 96.4 Å². The van der Waals surface area contributed by atoms with Crippen LogP contribution in [0.5, 0.6) is 0 Å². The molecule has 0 spiro atoms. The maximum atomic E-state index is 11.8. The highest BCUT2D eigenvalue weighted by atomic mass is 16.3. The minimum atomic E-state index is -0.171. The third-order valence-electron chi connectivity index (χ3n) is 2.96. The molecule has 0 aliphatic heterocycles. The van der Waals surface area contributed by atoms with Crippen molar-refractivity contribution in [3.8, 4) is 0 Å². The van der Waals surface area contributed by atoms with Crippen molar-refractivity contribution in [3.63, 3.8) is 0 Å². The third kappa shape index (κ3) is 4.37. The standard InChI is InChI=1S/C11H22N2O3/c14-8-6-13(7-9-15)11(16)12-10-4-2-1-3-5-10/h10,14-15H,1-9H2,(H,12,16). The molecule has 94 valence electrons.